The Labute approximate surface area is 131 Å². The molecular weight excluding hydrogens is 302 g/mol. The SMILES string of the molecule is O=C(CCCNc1ccn2nccc2n1)c1cc(F)ccc1F. The summed E-state index contributed by atoms with van der Waals surface area (Å²) in [4.78, 5) is 16.2. The largest absolute Gasteiger partial charge is 0.370 e. The number of rotatable bonds is 6. The fraction of sp³-hybridized carbons (Fsp3) is 0.188. The van der Waals surface area contributed by atoms with Gasteiger partial charge in [-0.1, -0.05) is 0 Å². The lowest BCUT2D eigenvalue weighted by Crippen LogP contribution is -2.08. The van der Waals surface area contributed by atoms with E-state index in [4.69, 9.17) is 0 Å². The number of aromatic nitrogens is 3. The molecule has 0 saturated heterocycles. The third kappa shape index (κ3) is 3.50. The van der Waals surface area contributed by atoms with E-state index in [2.05, 4.69) is 15.4 Å². The predicted octanol–water partition coefficient (Wildman–Crippen LogP) is 3.08. The standard InChI is InChI=1S/C16H14F2N4O/c17-11-3-4-13(18)12(10-11)14(23)2-1-7-19-15-6-9-22-16(21-15)5-8-20-22/h3-6,8-10H,1-2,7H2,(H,19,21). The maximum Gasteiger partial charge on any atom is 0.165 e. The summed E-state index contributed by atoms with van der Waals surface area (Å²) in [5.74, 6) is -1.06. The van der Waals surface area contributed by atoms with Crippen molar-refractivity contribution in [1.29, 1.82) is 0 Å². The first-order valence-electron chi connectivity index (χ1n) is 7.16. The third-order valence-electron chi connectivity index (χ3n) is 3.37. The Morgan fingerprint density at radius 1 is 1.22 bits per heavy atom. The van der Waals surface area contributed by atoms with E-state index in [0.29, 0.717) is 24.4 Å². The summed E-state index contributed by atoms with van der Waals surface area (Å²) in [6.07, 6.45) is 4.04. The molecule has 0 aliphatic carbocycles. The molecule has 0 fully saturated rings. The van der Waals surface area contributed by atoms with Gasteiger partial charge in [0.1, 0.15) is 17.5 Å². The fourth-order valence-corrected chi connectivity index (χ4v) is 2.22. The van der Waals surface area contributed by atoms with Gasteiger partial charge < -0.3 is 5.32 Å². The van der Waals surface area contributed by atoms with Crippen molar-refractivity contribution in [2.45, 2.75) is 12.8 Å². The van der Waals surface area contributed by atoms with Crippen molar-refractivity contribution in [2.24, 2.45) is 0 Å². The summed E-state index contributed by atoms with van der Waals surface area (Å²) in [7, 11) is 0. The van der Waals surface area contributed by atoms with Crippen LogP contribution in [0.1, 0.15) is 23.2 Å². The highest BCUT2D eigenvalue weighted by atomic mass is 19.1. The maximum absolute atomic E-state index is 13.5. The van der Waals surface area contributed by atoms with E-state index >= 15 is 0 Å². The molecule has 0 amide bonds. The Hall–Kier alpha value is -2.83. The number of hydrogen-bond acceptors (Lipinski definition) is 4. The molecule has 0 bridgehead atoms. The van der Waals surface area contributed by atoms with E-state index in [1.807, 2.05) is 0 Å². The van der Waals surface area contributed by atoms with E-state index in [-0.39, 0.29) is 12.0 Å². The van der Waals surface area contributed by atoms with Gasteiger partial charge in [0.15, 0.2) is 11.4 Å². The summed E-state index contributed by atoms with van der Waals surface area (Å²) in [5, 5.41) is 7.13. The van der Waals surface area contributed by atoms with Crippen LogP contribution in [0.2, 0.25) is 0 Å². The van der Waals surface area contributed by atoms with Gasteiger partial charge in [0.05, 0.1) is 11.8 Å². The number of fused-ring (bicyclic) bond motifs is 1. The maximum atomic E-state index is 13.5. The molecule has 0 spiro atoms. The Balaban J connectivity index is 1.52. The Morgan fingerprint density at radius 3 is 2.96 bits per heavy atom. The number of nitrogens with zero attached hydrogens (tertiary/aromatic N) is 3. The van der Waals surface area contributed by atoms with Crippen LogP contribution in [-0.4, -0.2) is 26.9 Å². The molecule has 1 N–H and O–H groups in total. The van der Waals surface area contributed by atoms with Crippen LogP contribution < -0.4 is 5.32 Å². The number of ketones is 1. The number of carbonyl (C=O) groups excluding carboxylic acids is 1. The second kappa shape index (κ2) is 6.51. The van der Waals surface area contributed by atoms with Gasteiger partial charge >= 0.3 is 0 Å². The van der Waals surface area contributed by atoms with E-state index in [1.165, 1.54) is 0 Å². The minimum atomic E-state index is -0.697. The molecule has 3 rings (SSSR count). The van der Waals surface area contributed by atoms with Gasteiger partial charge in [-0.25, -0.2) is 18.3 Å². The second-order valence-corrected chi connectivity index (χ2v) is 5.02. The monoisotopic (exact) mass is 316 g/mol. The van der Waals surface area contributed by atoms with E-state index in [0.717, 1.165) is 18.2 Å². The fourth-order valence-electron chi connectivity index (χ4n) is 2.22. The van der Waals surface area contributed by atoms with Gasteiger partial charge in [0.2, 0.25) is 0 Å². The van der Waals surface area contributed by atoms with Crippen LogP contribution in [0, 0.1) is 11.6 Å². The zero-order valence-electron chi connectivity index (χ0n) is 12.2. The Bertz CT molecular complexity index is 847. The summed E-state index contributed by atoms with van der Waals surface area (Å²) in [6.45, 7) is 0.500. The van der Waals surface area contributed by atoms with Crippen molar-refractivity contribution in [1.82, 2.24) is 14.6 Å². The van der Waals surface area contributed by atoms with Gasteiger partial charge in [-0.05, 0) is 30.7 Å². The zero-order chi connectivity index (χ0) is 16.2. The lowest BCUT2D eigenvalue weighted by molar-refractivity contribution is 0.0976. The Morgan fingerprint density at radius 2 is 2.09 bits per heavy atom. The lowest BCUT2D eigenvalue weighted by Gasteiger charge is -2.06. The van der Waals surface area contributed by atoms with Crippen LogP contribution in [0.3, 0.4) is 0 Å². The van der Waals surface area contributed by atoms with Crippen molar-refractivity contribution in [3.8, 4) is 0 Å². The van der Waals surface area contributed by atoms with Crippen molar-refractivity contribution in [3.63, 3.8) is 0 Å². The summed E-state index contributed by atoms with van der Waals surface area (Å²) >= 11 is 0. The third-order valence-corrected chi connectivity index (χ3v) is 3.37. The van der Waals surface area contributed by atoms with Crippen molar-refractivity contribution in [3.05, 3.63) is 59.9 Å². The highest BCUT2D eigenvalue weighted by Crippen LogP contribution is 2.13. The molecule has 2 heterocycles. The molecule has 23 heavy (non-hydrogen) atoms. The van der Waals surface area contributed by atoms with Gasteiger partial charge in [-0.15, -0.1) is 0 Å². The molecule has 1 aromatic carbocycles. The van der Waals surface area contributed by atoms with E-state index in [9.17, 15) is 13.6 Å². The van der Waals surface area contributed by atoms with Crippen LogP contribution in [0.15, 0.2) is 42.7 Å². The van der Waals surface area contributed by atoms with Crippen molar-refractivity contribution in [2.75, 3.05) is 11.9 Å². The van der Waals surface area contributed by atoms with Crippen LogP contribution in [0.25, 0.3) is 5.65 Å². The number of hydrogen-bond donors (Lipinski definition) is 1. The molecule has 0 aliphatic rings. The van der Waals surface area contributed by atoms with E-state index in [1.54, 1.807) is 29.0 Å². The number of Topliss-reactive ketones (excluding diaryl/α,β-unsaturated/α-hetero) is 1. The second-order valence-electron chi connectivity index (χ2n) is 5.02. The molecule has 0 unspecified atom stereocenters. The molecule has 5 nitrogen and oxygen atoms in total. The topological polar surface area (TPSA) is 59.3 Å². The Kier molecular flexibility index (Phi) is 4.27. The first-order valence-corrected chi connectivity index (χ1v) is 7.16. The molecule has 0 radical (unpaired) electrons. The normalized spacial score (nSPS) is 10.9. The number of carbonyl (C=O) groups is 1. The molecular formula is C16H14F2N4O. The minimum Gasteiger partial charge on any atom is -0.370 e. The highest BCUT2D eigenvalue weighted by Gasteiger charge is 2.12. The quantitative estimate of drug-likeness (QED) is 0.561. The van der Waals surface area contributed by atoms with Gasteiger partial charge in [-0.2, -0.15) is 5.10 Å². The number of benzene rings is 1. The first kappa shape index (κ1) is 15.1. The average molecular weight is 316 g/mol. The predicted molar refractivity (Wildman–Crippen MR) is 81.4 cm³/mol. The molecule has 2 aromatic heterocycles. The number of nitrogens with one attached hydrogen (secondary N) is 1. The van der Waals surface area contributed by atoms with Crippen molar-refractivity contribution < 1.29 is 13.6 Å². The number of halogens is 2. The summed E-state index contributed by atoms with van der Waals surface area (Å²) in [5.41, 5.74) is 0.511. The first-order chi connectivity index (χ1) is 11.1. The van der Waals surface area contributed by atoms with Crippen LogP contribution in [0.5, 0.6) is 0 Å². The highest BCUT2D eigenvalue weighted by molar-refractivity contribution is 5.96. The molecule has 0 saturated carbocycles. The average Bonchev–Trinajstić information content (AvgIpc) is 3.01. The van der Waals surface area contributed by atoms with Gasteiger partial charge in [-0.3, -0.25) is 4.79 Å². The molecule has 0 atom stereocenters. The number of anilines is 1. The van der Waals surface area contributed by atoms with Crippen molar-refractivity contribution >= 4 is 17.2 Å². The molecule has 0 aliphatic heterocycles. The summed E-state index contributed by atoms with van der Waals surface area (Å²) in [6, 6.07) is 6.44. The van der Waals surface area contributed by atoms with Gasteiger partial charge in [0.25, 0.3) is 0 Å². The smallest absolute Gasteiger partial charge is 0.165 e. The molecule has 7 heteroatoms. The van der Waals surface area contributed by atoms with Crippen LogP contribution >= 0.6 is 0 Å². The van der Waals surface area contributed by atoms with Gasteiger partial charge in [0, 0.05) is 25.2 Å². The van der Waals surface area contributed by atoms with Crippen LogP contribution in [-0.2, 0) is 0 Å². The minimum absolute atomic E-state index is 0.127. The summed E-state index contributed by atoms with van der Waals surface area (Å²) < 4.78 is 28.2. The zero-order valence-corrected chi connectivity index (χ0v) is 12.2. The lowest BCUT2D eigenvalue weighted by atomic mass is 10.1. The van der Waals surface area contributed by atoms with E-state index < -0.39 is 17.4 Å². The molecule has 3 aromatic rings. The van der Waals surface area contributed by atoms with Crippen LogP contribution in [0.4, 0.5) is 14.6 Å². The molecule has 118 valence electrons.